The molecule has 16 heavy (non-hydrogen) atoms. The lowest BCUT2D eigenvalue weighted by Gasteiger charge is -2.19. The fourth-order valence-corrected chi connectivity index (χ4v) is 3.53. The number of rotatable bonds is 1. The van der Waals surface area contributed by atoms with E-state index in [4.69, 9.17) is 4.98 Å². The minimum atomic E-state index is 0.782. The molecule has 2 aromatic rings. The molecule has 0 spiro atoms. The average Bonchev–Trinajstić information content (AvgIpc) is 2.83. The minimum Gasteiger partial charge on any atom is -0.334 e. The number of aryl methyl sites for hydroxylation is 1. The molecule has 0 saturated carbocycles. The van der Waals surface area contributed by atoms with Gasteiger partial charge in [0.05, 0.1) is 14.4 Å². The minimum absolute atomic E-state index is 0.782. The lowest BCUT2D eigenvalue weighted by molar-refractivity contribution is 0.394. The fourth-order valence-electron chi connectivity index (χ4n) is 2.19. The highest BCUT2D eigenvalue weighted by molar-refractivity contribution is 9.11. The molecule has 1 aliphatic heterocycles. The van der Waals surface area contributed by atoms with E-state index in [-0.39, 0.29) is 0 Å². The summed E-state index contributed by atoms with van der Waals surface area (Å²) in [6, 6.07) is 4.22. The van der Waals surface area contributed by atoms with Gasteiger partial charge in [0.1, 0.15) is 5.82 Å². The molecule has 0 fully saturated rings. The topological polar surface area (TPSA) is 17.8 Å². The van der Waals surface area contributed by atoms with Crippen LogP contribution in [-0.2, 0) is 13.0 Å². The van der Waals surface area contributed by atoms with Crippen LogP contribution in [0.1, 0.15) is 19.2 Å². The molecule has 0 saturated heterocycles. The highest BCUT2D eigenvalue weighted by atomic mass is 79.9. The molecule has 0 aromatic carbocycles. The number of imidazole rings is 1. The van der Waals surface area contributed by atoms with Gasteiger partial charge in [0, 0.05) is 19.2 Å². The summed E-state index contributed by atoms with van der Waals surface area (Å²) in [5, 5.41) is 0. The van der Waals surface area contributed by atoms with Gasteiger partial charge in [-0.15, -0.1) is 11.3 Å². The van der Waals surface area contributed by atoms with Gasteiger partial charge in [0.2, 0.25) is 0 Å². The zero-order valence-electron chi connectivity index (χ0n) is 9.11. The van der Waals surface area contributed by atoms with E-state index >= 15 is 0 Å². The largest absolute Gasteiger partial charge is 0.334 e. The zero-order chi connectivity index (χ0) is 11.1. The third kappa shape index (κ3) is 1.84. The predicted octanol–water partition coefficient (Wildman–Crippen LogP) is 3.96. The highest BCUT2D eigenvalue weighted by Gasteiger charge is 2.18. The molecule has 2 aromatic heterocycles. The van der Waals surface area contributed by atoms with Gasteiger partial charge in [0.15, 0.2) is 0 Å². The maximum atomic E-state index is 4.72. The lowest BCUT2D eigenvalue weighted by Crippen LogP contribution is -2.17. The first-order valence-corrected chi connectivity index (χ1v) is 7.15. The number of halogens is 1. The van der Waals surface area contributed by atoms with Crippen molar-refractivity contribution in [1.29, 1.82) is 0 Å². The van der Waals surface area contributed by atoms with Gasteiger partial charge >= 0.3 is 0 Å². The summed E-state index contributed by atoms with van der Waals surface area (Å²) in [6.07, 6.45) is 4.58. The molecule has 3 heterocycles. The number of nitrogens with zero attached hydrogens (tertiary/aromatic N) is 2. The van der Waals surface area contributed by atoms with E-state index in [1.54, 1.807) is 11.3 Å². The molecule has 1 aliphatic rings. The molecule has 84 valence electrons. The normalized spacial score (nSPS) is 19.8. The molecule has 1 unspecified atom stereocenters. The van der Waals surface area contributed by atoms with Crippen LogP contribution >= 0.6 is 27.3 Å². The van der Waals surface area contributed by atoms with Crippen molar-refractivity contribution in [2.24, 2.45) is 5.92 Å². The molecule has 3 rings (SSSR count). The standard InChI is InChI=1S/C12H13BrN2S/c1-8-2-5-12-14-9(7-15(12)6-8)10-3-4-11(13)16-10/h3-4,7-8H,2,5-6H2,1H3. The van der Waals surface area contributed by atoms with E-state index in [1.807, 2.05) is 0 Å². The molecular weight excluding hydrogens is 284 g/mol. The molecule has 2 nitrogen and oxygen atoms in total. The molecule has 0 bridgehead atoms. The van der Waals surface area contributed by atoms with Crippen molar-refractivity contribution in [2.75, 3.05) is 0 Å². The summed E-state index contributed by atoms with van der Waals surface area (Å²) in [7, 11) is 0. The van der Waals surface area contributed by atoms with Crippen LogP contribution in [0.5, 0.6) is 0 Å². The average molecular weight is 297 g/mol. The highest BCUT2D eigenvalue weighted by Crippen LogP contribution is 2.32. The summed E-state index contributed by atoms with van der Waals surface area (Å²) >= 11 is 5.24. The van der Waals surface area contributed by atoms with Crippen LogP contribution in [0.25, 0.3) is 10.6 Å². The predicted molar refractivity (Wildman–Crippen MR) is 70.7 cm³/mol. The first-order chi connectivity index (χ1) is 7.72. The quantitative estimate of drug-likeness (QED) is 0.779. The van der Waals surface area contributed by atoms with Crippen LogP contribution in [0.15, 0.2) is 22.1 Å². The van der Waals surface area contributed by atoms with Gasteiger partial charge in [-0.1, -0.05) is 6.92 Å². The molecule has 1 atom stereocenters. The second-order valence-electron chi connectivity index (χ2n) is 4.44. The van der Waals surface area contributed by atoms with Crippen molar-refractivity contribution in [1.82, 2.24) is 9.55 Å². The smallest absolute Gasteiger partial charge is 0.109 e. The van der Waals surface area contributed by atoms with Gasteiger partial charge in [0.25, 0.3) is 0 Å². The van der Waals surface area contributed by atoms with Crippen molar-refractivity contribution in [3.8, 4) is 10.6 Å². The molecule has 4 heteroatoms. The van der Waals surface area contributed by atoms with Crippen LogP contribution in [-0.4, -0.2) is 9.55 Å². The van der Waals surface area contributed by atoms with Gasteiger partial charge in [-0.25, -0.2) is 4.98 Å². The van der Waals surface area contributed by atoms with Crippen LogP contribution in [0, 0.1) is 5.92 Å². The second kappa shape index (κ2) is 4.00. The molecule has 0 amide bonds. The first kappa shape index (κ1) is 10.5. The Balaban J connectivity index is 1.98. The van der Waals surface area contributed by atoms with Crippen molar-refractivity contribution < 1.29 is 0 Å². The van der Waals surface area contributed by atoms with E-state index in [2.05, 4.69) is 45.8 Å². The Morgan fingerprint density at radius 2 is 2.38 bits per heavy atom. The van der Waals surface area contributed by atoms with Crippen molar-refractivity contribution in [3.05, 3.63) is 27.9 Å². The fraction of sp³-hybridized carbons (Fsp3) is 0.417. The molecular formula is C12H13BrN2S. The summed E-state index contributed by atoms with van der Waals surface area (Å²) in [5.74, 6) is 2.03. The van der Waals surface area contributed by atoms with Crippen LogP contribution < -0.4 is 0 Å². The number of hydrogen-bond donors (Lipinski definition) is 0. The van der Waals surface area contributed by atoms with Crippen molar-refractivity contribution in [3.63, 3.8) is 0 Å². The number of aromatic nitrogens is 2. The van der Waals surface area contributed by atoms with E-state index in [0.717, 1.165) is 24.6 Å². The maximum Gasteiger partial charge on any atom is 0.109 e. The Bertz CT molecular complexity index is 515. The van der Waals surface area contributed by atoms with E-state index in [0.29, 0.717) is 0 Å². The third-order valence-corrected chi connectivity index (χ3v) is 4.70. The van der Waals surface area contributed by atoms with Crippen LogP contribution in [0.4, 0.5) is 0 Å². The van der Waals surface area contributed by atoms with Crippen LogP contribution in [0.2, 0.25) is 0 Å². The summed E-state index contributed by atoms with van der Waals surface area (Å²) < 4.78 is 3.48. The maximum absolute atomic E-state index is 4.72. The van der Waals surface area contributed by atoms with Gasteiger partial charge in [-0.3, -0.25) is 0 Å². The van der Waals surface area contributed by atoms with Crippen molar-refractivity contribution >= 4 is 27.3 Å². The Kier molecular flexibility index (Phi) is 2.64. The summed E-state index contributed by atoms with van der Waals surface area (Å²) in [6.45, 7) is 3.43. The van der Waals surface area contributed by atoms with Gasteiger partial charge in [-0.2, -0.15) is 0 Å². The Labute approximate surface area is 107 Å². The Morgan fingerprint density at radius 1 is 1.50 bits per heavy atom. The molecule has 0 radical (unpaired) electrons. The molecule has 0 aliphatic carbocycles. The van der Waals surface area contributed by atoms with Crippen molar-refractivity contribution in [2.45, 2.75) is 26.3 Å². The lowest BCUT2D eigenvalue weighted by atomic mass is 10.0. The Morgan fingerprint density at radius 3 is 3.12 bits per heavy atom. The van der Waals surface area contributed by atoms with Gasteiger partial charge in [-0.05, 0) is 40.4 Å². The first-order valence-electron chi connectivity index (χ1n) is 5.54. The van der Waals surface area contributed by atoms with Gasteiger partial charge < -0.3 is 4.57 Å². The monoisotopic (exact) mass is 296 g/mol. The number of hydrogen-bond acceptors (Lipinski definition) is 2. The second-order valence-corrected chi connectivity index (χ2v) is 6.91. The SMILES string of the molecule is CC1CCc2nc(-c3ccc(Br)s3)cn2C1. The summed E-state index contributed by atoms with van der Waals surface area (Å²) in [4.78, 5) is 5.97. The zero-order valence-corrected chi connectivity index (χ0v) is 11.5. The summed E-state index contributed by atoms with van der Waals surface area (Å²) in [5.41, 5.74) is 1.12. The van der Waals surface area contributed by atoms with Crippen LogP contribution in [0.3, 0.4) is 0 Å². The third-order valence-electron chi connectivity index (χ3n) is 3.05. The Hall–Kier alpha value is -0.610. The number of fused-ring (bicyclic) bond motifs is 1. The molecule has 0 N–H and O–H groups in total. The van der Waals surface area contributed by atoms with E-state index in [9.17, 15) is 0 Å². The van der Waals surface area contributed by atoms with E-state index in [1.165, 1.54) is 20.9 Å². The van der Waals surface area contributed by atoms with E-state index < -0.39 is 0 Å². The number of thiophene rings is 1.